The third-order valence-electron chi connectivity index (χ3n) is 13.5. The number of alkyl carbamates (subject to hydrolysis) is 1. The third-order valence-corrected chi connectivity index (χ3v) is 15.4. The van der Waals surface area contributed by atoms with Crippen LogP contribution in [-0.2, 0) is 35.6 Å². The van der Waals surface area contributed by atoms with Crippen LogP contribution < -0.4 is 24.8 Å². The van der Waals surface area contributed by atoms with E-state index in [4.69, 9.17) is 19.2 Å². The zero-order valence-corrected chi connectivity index (χ0v) is 33.9. The van der Waals surface area contributed by atoms with Gasteiger partial charge in [-0.05, 0) is 101 Å². The van der Waals surface area contributed by atoms with Gasteiger partial charge in [0.05, 0.1) is 30.0 Å². The summed E-state index contributed by atoms with van der Waals surface area (Å²) < 4.78 is 46.8. The number of sulfonamides is 1. The standard InChI is InChI=1S/C42H57N5O9S/c1-3-27-23-42(27,40(50)46-57(52,53)29-20-21-29)45-37(48)33-22-28-24-47(33)39(49)35(26-13-7-8-14-26)44-41(51)56-34-19-11-15-25(34)12-5-4-6-17-31-36(54-2)30-16-9-10-18-32(30)43-38(31)55-28/h9-10,16,18,25-29,33-35H,3-8,11-15,17,19-24H2,1-2H3,(H,44,51)(H,45,48)(H,46,50). The van der Waals surface area contributed by atoms with Crippen molar-refractivity contribution in [3.05, 3.63) is 29.8 Å². The number of methoxy groups -OCH3 is 1. The second kappa shape index (κ2) is 16.2. The number of nitrogens with zero attached hydrogens (tertiary/aromatic N) is 2. The van der Waals surface area contributed by atoms with Crippen molar-refractivity contribution in [3.63, 3.8) is 0 Å². The van der Waals surface area contributed by atoms with Crippen LogP contribution in [-0.4, -0.2) is 90.9 Å². The van der Waals surface area contributed by atoms with Gasteiger partial charge >= 0.3 is 6.09 Å². The smallest absolute Gasteiger partial charge is 0.408 e. The zero-order chi connectivity index (χ0) is 39.9. The van der Waals surface area contributed by atoms with Crippen molar-refractivity contribution in [2.45, 2.75) is 151 Å². The third kappa shape index (κ3) is 8.14. The fraction of sp³-hybridized carbons (Fsp3) is 0.690. The van der Waals surface area contributed by atoms with Crippen LogP contribution >= 0.6 is 0 Å². The van der Waals surface area contributed by atoms with Crippen molar-refractivity contribution in [1.29, 1.82) is 0 Å². The van der Waals surface area contributed by atoms with Crippen LogP contribution in [0.4, 0.5) is 4.79 Å². The maximum Gasteiger partial charge on any atom is 0.408 e. The number of hydrogen-bond donors (Lipinski definition) is 3. The number of carbonyl (C=O) groups excluding carboxylic acids is 4. The number of fused-ring (bicyclic) bond motifs is 5. The summed E-state index contributed by atoms with van der Waals surface area (Å²) in [6, 6.07) is 5.73. The Morgan fingerprint density at radius 1 is 0.965 bits per heavy atom. The summed E-state index contributed by atoms with van der Waals surface area (Å²) in [5.41, 5.74) is 0.108. The number of hydrogen-bond acceptors (Lipinski definition) is 10. The topological polar surface area (TPSA) is 182 Å². The Bertz CT molecular complexity index is 1980. The van der Waals surface area contributed by atoms with Gasteiger partial charge in [0.2, 0.25) is 27.7 Å². The van der Waals surface area contributed by atoms with E-state index in [2.05, 4.69) is 15.4 Å². The van der Waals surface area contributed by atoms with Crippen molar-refractivity contribution in [3.8, 4) is 11.6 Å². The van der Waals surface area contributed by atoms with Gasteiger partial charge in [-0.15, -0.1) is 0 Å². The van der Waals surface area contributed by atoms with Crippen LogP contribution in [0.2, 0.25) is 0 Å². The van der Waals surface area contributed by atoms with Crippen molar-refractivity contribution in [2.75, 3.05) is 13.7 Å². The second-order valence-corrected chi connectivity index (χ2v) is 19.2. The lowest BCUT2D eigenvalue weighted by Gasteiger charge is -2.32. The fourth-order valence-electron chi connectivity index (χ4n) is 10.1. The molecule has 310 valence electrons. The molecule has 1 aromatic heterocycles. The highest BCUT2D eigenvalue weighted by Gasteiger charge is 2.62. The molecule has 2 aliphatic heterocycles. The summed E-state index contributed by atoms with van der Waals surface area (Å²) in [5.74, 6) is -0.805. The molecule has 7 atom stereocenters. The molecule has 3 heterocycles. The van der Waals surface area contributed by atoms with Gasteiger partial charge < -0.3 is 29.7 Å². The predicted molar refractivity (Wildman–Crippen MR) is 211 cm³/mol. The van der Waals surface area contributed by atoms with Gasteiger partial charge in [0.1, 0.15) is 35.6 Å². The van der Waals surface area contributed by atoms with Crippen LogP contribution in [0.25, 0.3) is 10.9 Å². The van der Waals surface area contributed by atoms with E-state index in [-0.39, 0.29) is 43.2 Å². The largest absolute Gasteiger partial charge is 0.496 e. The van der Waals surface area contributed by atoms with E-state index in [0.717, 1.165) is 81.6 Å². The lowest BCUT2D eigenvalue weighted by Crippen LogP contribution is -2.59. The molecule has 5 fully saturated rings. The first-order valence-corrected chi connectivity index (χ1v) is 22.8. The number of pyridine rings is 1. The molecule has 8 rings (SSSR count). The van der Waals surface area contributed by atoms with E-state index in [9.17, 15) is 27.6 Å². The molecule has 2 aromatic rings. The monoisotopic (exact) mass is 807 g/mol. The summed E-state index contributed by atoms with van der Waals surface area (Å²) in [7, 11) is -2.22. The lowest BCUT2D eigenvalue weighted by molar-refractivity contribution is -0.142. The minimum absolute atomic E-state index is 0.0320. The minimum Gasteiger partial charge on any atom is -0.496 e. The number of nitrogens with one attached hydrogen (secondary N) is 3. The highest BCUT2D eigenvalue weighted by Crippen LogP contribution is 2.47. The molecule has 57 heavy (non-hydrogen) atoms. The van der Waals surface area contributed by atoms with Crippen molar-refractivity contribution in [2.24, 2.45) is 17.8 Å². The normalized spacial score (nSPS) is 31.2. The number of aromatic nitrogens is 1. The summed E-state index contributed by atoms with van der Waals surface area (Å²) in [6.45, 7) is 1.93. The molecule has 4 aliphatic carbocycles. The quantitative estimate of drug-likeness (QED) is 0.326. The molecule has 14 nitrogen and oxygen atoms in total. The number of amides is 4. The Labute approximate surface area is 334 Å². The summed E-state index contributed by atoms with van der Waals surface area (Å²) >= 11 is 0. The number of rotatable bonds is 8. The van der Waals surface area contributed by atoms with Crippen LogP contribution in [0, 0.1) is 17.8 Å². The van der Waals surface area contributed by atoms with Crippen LogP contribution in [0.3, 0.4) is 0 Å². The van der Waals surface area contributed by atoms with E-state index >= 15 is 0 Å². The Kier molecular flexibility index (Phi) is 11.3. The van der Waals surface area contributed by atoms with Crippen molar-refractivity contribution in [1.82, 2.24) is 25.2 Å². The van der Waals surface area contributed by atoms with Gasteiger partial charge in [-0.2, -0.15) is 0 Å². The summed E-state index contributed by atoms with van der Waals surface area (Å²) in [5, 5.41) is 6.17. The molecule has 4 amide bonds. The molecule has 0 spiro atoms. The highest BCUT2D eigenvalue weighted by atomic mass is 32.2. The molecular weight excluding hydrogens is 751 g/mol. The maximum absolute atomic E-state index is 14.9. The molecule has 6 aliphatic rings. The SMILES string of the molecule is CCC1CC1(NC(=O)C1CC2CN1C(=O)C(C1CCCC1)NC(=O)OC1CCCC1CCCCCc1c(nc3ccccc3c1OC)O2)C(=O)NS(=O)(=O)C1CC1. The van der Waals surface area contributed by atoms with E-state index in [1.165, 1.54) is 4.90 Å². The maximum atomic E-state index is 14.9. The van der Waals surface area contributed by atoms with Crippen molar-refractivity contribution < 1.29 is 41.8 Å². The molecule has 4 saturated carbocycles. The van der Waals surface area contributed by atoms with E-state index in [1.54, 1.807) is 7.11 Å². The van der Waals surface area contributed by atoms with E-state index < -0.39 is 62.8 Å². The number of carbonyl (C=O) groups is 4. The number of benzene rings is 1. The second-order valence-electron chi connectivity index (χ2n) is 17.3. The Morgan fingerprint density at radius 2 is 1.70 bits per heavy atom. The molecule has 3 N–H and O–H groups in total. The number of ether oxygens (including phenoxy) is 3. The van der Waals surface area contributed by atoms with Crippen LogP contribution in [0.15, 0.2) is 24.3 Å². The molecule has 2 bridgehead atoms. The van der Waals surface area contributed by atoms with E-state index in [1.807, 2.05) is 31.2 Å². The molecule has 1 aromatic carbocycles. The van der Waals surface area contributed by atoms with Gasteiger partial charge in [-0.3, -0.25) is 19.1 Å². The molecule has 0 radical (unpaired) electrons. The summed E-state index contributed by atoms with van der Waals surface area (Å²) in [6.07, 6.45) is 10.9. The average molecular weight is 808 g/mol. The van der Waals surface area contributed by atoms with Gasteiger partial charge in [-0.1, -0.05) is 51.2 Å². The zero-order valence-electron chi connectivity index (χ0n) is 33.1. The van der Waals surface area contributed by atoms with Crippen molar-refractivity contribution >= 4 is 44.7 Å². The molecule has 7 unspecified atom stereocenters. The predicted octanol–water partition coefficient (Wildman–Crippen LogP) is 5.06. The summed E-state index contributed by atoms with van der Waals surface area (Å²) in [4.78, 5) is 63.3. The Balaban J connectivity index is 1.14. The minimum atomic E-state index is -3.86. The molecule has 1 saturated heterocycles. The lowest BCUT2D eigenvalue weighted by atomic mass is 9.96. The molecular formula is C42H57N5O9S. The first-order valence-electron chi connectivity index (χ1n) is 21.3. The highest BCUT2D eigenvalue weighted by molar-refractivity contribution is 7.91. The van der Waals surface area contributed by atoms with E-state index in [0.29, 0.717) is 42.8 Å². The van der Waals surface area contributed by atoms with Gasteiger partial charge in [0.25, 0.3) is 5.91 Å². The fourth-order valence-corrected chi connectivity index (χ4v) is 11.5. The van der Waals surface area contributed by atoms with Gasteiger partial charge in [0.15, 0.2) is 0 Å². The first kappa shape index (κ1) is 39.7. The van der Waals surface area contributed by atoms with Crippen LogP contribution in [0.5, 0.6) is 11.6 Å². The number of para-hydroxylation sites is 1. The van der Waals surface area contributed by atoms with Gasteiger partial charge in [0, 0.05) is 11.8 Å². The van der Waals surface area contributed by atoms with Gasteiger partial charge in [-0.25, -0.2) is 18.2 Å². The van der Waals surface area contributed by atoms with Crippen LogP contribution in [0.1, 0.15) is 115 Å². The molecule has 15 heteroatoms. The Morgan fingerprint density at radius 3 is 2.44 bits per heavy atom. The average Bonchev–Trinajstić information content (AvgIpc) is 3.98. The first-order chi connectivity index (χ1) is 27.5. The Hall–Kier alpha value is -4.14.